The number of benzene rings is 1. The average Bonchev–Trinajstić information content (AvgIpc) is 2.40. The van der Waals surface area contributed by atoms with Gasteiger partial charge in [-0.2, -0.15) is 5.26 Å². The average molecular weight is 256 g/mol. The molecule has 0 unspecified atom stereocenters. The summed E-state index contributed by atoms with van der Waals surface area (Å²) in [6, 6.07) is 9.51. The van der Waals surface area contributed by atoms with Gasteiger partial charge in [0, 0.05) is 12.2 Å². The summed E-state index contributed by atoms with van der Waals surface area (Å²) < 4.78 is 0. The van der Waals surface area contributed by atoms with Gasteiger partial charge in [-0.15, -0.1) is 0 Å². The third kappa shape index (κ3) is 2.82. The Labute approximate surface area is 112 Å². The molecule has 2 rings (SSSR count). The van der Waals surface area contributed by atoms with E-state index in [-0.39, 0.29) is 18.1 Å². The second-order valence-electron chi connectivity index (χ2n) is 4.82. The summed E-state index contributed by atoms with van der Waals surface area (Å²) in [5, 5.41) is 8.57. The Morgan fingerprint density at radius 1 is 1.42 bits per heavy atom. The van der Waals surface area contributed by atoms with Crippen molar-refractivity contribution in [1.82, 2.24) is 0 Å². The fraction of sp³-hybridized carbons (Fsp3) is 0.400. The lowest BCUT2D eigenvalue weighted by Gasteiger charge is -2.31. The van der Waals surface area contributed by atoms with Crippen LogP contribution in [0.4, 0.5) is 5.69 Å². The van der Waals surface area contributed by atoms with Crippen LogP contribution in [0.3, 0.4) is 0 Å². The number of rotatable bonds is 3. The maximum absolute atomic E-state index is 12.3. The summed E-state index contributed by atoms with van der Waals surface area (Å²) in [4.78, 5) is 25.7. The van der Waals surface area contributed by atoms with E-state index >= 15 is 0 Å². The first-order chi connectivity index (χ1) is 9.13. The van der Waals surface area contributed by atoms with Crippen molar-refractivity contribution in [2.45, 2.75) is 26.2 Å². The first-order valence-electron chi connectivity index (χ1n) is 6.41. The van der Waals surface area contributed by atoms with E-state index in [1.165, 1.54) is 0 Å². The molecule has 0 N–H and O–H groups in total. The SMILES string of the molecule is Cc1ccc(N2CCC[C@@H](C(=O)CC#N)C2=O)cc1. The quantitative estimate of drug-likeness (QED) is 0.779. The van der Waals surface area contributed by atoms with E-state index in [1.807, 2.05) is 37.3 Å². The minimum absolute atomic E-state index is 0.171. The predicted octanol–water partition coefficient (Wildman–Crippen LogP) is 2.22. The highest BCUT2D eigenvalue weighted by atomic mass is 16.2. The number of aryl methyl sites for hydroxylation is 1. The van der Waals surface area contributed by atoms with Crippen LogP contribution in [0.25, 0.3) is 0 Å². The number of nitrogens with zero attached hydrogens (tertiary/aromatic N) is 2. The minimum Gasteiger partial charge on any atom is -0.312 e. The highest BCUT2D eigenvalue weighted by Gasteiger charge is 2.34. The smallest absolute Gasteiger partial charge is 0.237 e. The fourth-order valence-corrected chi connectivity index (χ4v) is 2.36. The summed E-state index contributed by atoms with van der Waals surface area (Å²) in [5.74, 6) is -1.07. The molecular formula is C15H16N2O2. The van der Waals surface area contributed by atoms with Gasteiger partial charge in [0.05, 0.1) is 18.4 Å². The summed E-state index contributed by atoms with van der Waals surface area (Å²) in [6.45, 7) is 2.62. The number of hydrogen-bond acceptors (Lipinski definition) is 3. The van der Waals surface area contributed by atoms with E-state index in [1.54, 1.807) is 4.90 Å². The summed E-state index contributed by atoms with van der Waals surface area (Å²) >= 11 is 0. The first kappa shape index (κ1) is 13.3. The number of anilines is 1. The van der Waals surface area contributed by atoms with Gasteiger partial charge in [-0.1, -0.05) is 17.7 Å². The van der Waals surface area contributed by atoms with Gasteiger partial charge in [0.15, 0.2) is 5.78 Å². The van der Waals surface area contributed by atoms with Crippen LogP contribution in [0, 0.1) is 24.2 Å². The van der Waals surface area contributed by atoms with Crippen LogP contribution in [-0.4, -0.2) is 18.2 Å². The number of ketones is 1. The molecule has 0 aromatic heterocycles. The molecule has 4 heteroatoms. The van der Waals surface area contributed by atoms with Gasteiger partial charge in [-0.25, -0.2) is 0 Å². The molecule has 0 bridgehead atoms. The molecule has 1 atom stereocenters. The molecule has 1 aliphatic heterocycles. The van der Waals surface area contributed by atoms with Gasteiger partial charge in [-0.3, -0.25) is 9.59 Å². The zero-order valence-electron chi connectivity index (χ0n) is 10.9. The zero-order valence-corrected chi connectivity index (χ0v) is 10.9. The molecule has 4 nitrogen and oxygen atoms in total. The molecule has 1 heterocycles. The Kier molecular flexibility index (Phi) is 3.96. The normalized spacial score (nSPS) is 19.1. The Morgan fingerprint density at radius 3 is 2.74 bits per heavy atom. The molecule has 1 saturated heterocycles. The highest BCUT2D eigenvalue weighted by Crippen LogP contribution is 2.25. The van der Waals surface area contributed by atoms with E-state index in [9.17, 15) is 9.59 Å². The Bertz CT molecular complexity index is 528. The topological polar surface area (TPSA) is 61.2 Å². The number of piperidine rings is 1. The molecule has 0 spiro atoms. The summed E-state index contributed by atoms with van der Waals surface area (Å²) in [5.41, 5.74) is 1.95. The lowest BCUT2D eigenvalue weighted by Crippen LogP contribution is -2.44. The second kappa shape index (κ2) is 5.66. The lowest BCUT2D eigenvalue weighted by molar-refractivity contribution is -0.133. The van der Waals surface area contributed by atoms with Crippen LogP contribution in [0.15, 0.2) is 24.3 Å². The molecule has 98 valence electrons. The Hall–Kier alpha value is -2.15. The summed E-state index contributed by atoms with van der Waals surface area (Å²) in [7, 11) is 0. The Morgan fingerprint density at radius 2 is 2.11 bits per heavy atom. The molecule has 1 aromatic rings. The van der Waals surface area contributed by atoms with Crippen molar-refractivity contribution in [1.29, 1.82) is 5.26 Å². The monoisotopic (exact) mass is 256 g/mol. The molecule has 1 fully saturated rings. The highest BCUT2D eigenvalue weighted by molar-refractivity contribution is 6.09. The minimum atomic E-state index is -0.644. The molecule has 1 amide bonds. The molecule has 1 aliphatic rings. The van der Waals surface area contributed by atoms with Gasteiger partial charge in [0.1, 0.15) is 0 Å². The van der Waals surface area contributed by atoms with Gasteiger partial charge in [0.25, 0.3) is 0 Å². The van der Waals surface area contributed by atoms with Gasteiger partial charge >= 0.3 is 0 Å². The van der Waals surface area contributed by atoms with E-state index < -0.39 is 5.92 Å². The van der Waals surface area contributed by atoms with E-state index in [2.05, 4.69) is 0 Å². The van der Waals surface area contributed by atoms with Crippen LogP contribution in [0.5, 0.6) is 0 Å². The predicted molar refractivity (Wildman–Crippen MR) is 71.5 cm³/mol. The van der Waals surface area contributed by atoms with Crippen molar-refractivity contribution in [3.05, 3.63) is 29.8 Å². The number of nitriles is 1. The molecule has 0 aliphatic carbocycles. The maximum Gasteiger partial charge on any atom is 0.237 e. The first-order valence-corrected chi connectivity index (χ1v) is 6.41. The number of carbonyl (C=O) groups excluding carboxylic acids is 2. The van der Waals surface area contributed by atoms with E-state index in [4.69, 9.17) is 5.26 Å². The molecular weight excluding hydrogens is 240 g/mol. The third-order valence-corrected chi connectivity index (χ3v) is 3.43. The molecule has 0 saturated carbocycles. The van der Waals surface area contributed by atoms with Crippen molar-refractivity contribution in [2.75, 3.05) is 11.4 Å². The second-order valence-corrected chi connectivity index (χ2v) is 4.82. The van der Waals surface area contributed by atoms with Crippen LogP contribution in [0.2, 0.25) is 0 Å². The van der Waals surface area contributed by atoms with Crippen LogP contribution in [0.1, 0.15) is 24.8 Å². The standard InChI is InChI=1S/C15H16N2O2/c1-11-4-6-12(7-5-11)17-10-2-3-13(15(17)19)14(18)8-9-16/h4-7,13H,2-3,8,10H2,1H3/t13-/m0/s1. The van der Waals surface area contributed by atoms with Crippen LogP contribution < -0.4 is 4.90 Å². The van der Waals surface area contributed by atoms with Crippen molar-refractivity contribution < 1.29 is 9.59 Å². The molecule has 1 aromatic carbocycles. The van der Waals surface area contributed by atoms with Crippen LogP contribution >= 0.6 is 0 Å². The van der Waals surface area contributed by atoms with Gasteiger partial charge < -0.3 is 4.90 Å². The number of amides is 1. The maximum atomic E-state index is 12.3. The van der Waals surface area contributed by atoms with Crippen molar-refractivity contribution in [3.8, 4) is 6.07 Å². The molecule has 19 heavy (non-hydrogen) atoms. The van der Waals surface area contributed by atoms with Crippen molar-refractivity contribution in [2.24, 2.45) is 5.92 Å². The van der Waals surface area contributed by atoms with E-state index in [0.717, 1.165) is 17.7 Å². The largest absolute Gasteiger partial charge is 0.312 e. The summed E-state index contributed by atoms with van der Waals surface area (Å²) in [6.07, 6.45) is 1.17. The van der Waals surface area contributed by atoms with Crippen molar-refractivity contribution in [3.63, 3.8) is 0 Å². The zero-order chi connectivity index (χ0) is 13.8. The number of Topliss-reactive ketones (excluding diaryl/α,β-unsaturated/α-hetero) is 1. The molecule has 0 radical (unpaired) electrons. The Balaban J connectivity index is 2.19. The van der Waals surface area contributed by atoms with Crippen LogP contribution in [-0.2, 0) is 9.59 Å². The number of hydrogen-bond donors (Lipinski definition) is 0. The lowest BCUT2D eigenvalue weighted by atomic mass is 9.91. The third-order valence-electron chi connectivity index (χ3n) is 3.43. The van der Waals surface area contributed by atoms with Gasteiger partial charge in [-0.05, 0) is 31.9 Å². The number of carbonyl (C=O) groups is 2. The van der Waals surface area contributed by atoms with E-state index in [0.29, 0.717) is 13.0 Å². The van der Waals surface area contributed by atoms with Gasteiger partial charge in [0.2, 0.25) is 5.91 Å². The van der Waals surface area contributed by atoms with Crippen molar-refractivity contribution >= 4 is 17.4 Å². The fourth-order valence-electron chi connectivity index (χ4n) is 2.36.